The Morgan fingerprint density at radius 3 is 2.38 bits per heavy atom. The number of carbonyl (C=O) groups excluding carboxylic acids is 1. The number of halogens is 1. The second-order valence-corrected chi connectivity index (χ2v) is 7.98. The molecule has 2 aliphatic heterocycles. The number of carbonyl (C=O) groups is 1. The van der Waals surface area contributed by atoms with Crippen molar-refractivity contribution in [2.75, 3.05) is 13.1 Å². The molecule has 0 aliphatic carbocycles. The Morgan fingerprint density at radius 2 is 1.85 bits per heavy atom. The summed E-state index contributed by atoms with van der Waals surface area (Å²) in [6.07, 6.45) is 4.65. The summed E-state index contributed by atoms with van der Waals surface area (Å²) in [7, 11) is -1.04. The Balaban J connectivity index is 1.65. The number of amides is 1. The second kappa shape index (κ2) is 6.77. The lowest BCUT2D eigenvalue weighted by Gasteiger charge is -2.32. The molecule has 3 rings (SSSR count). The van der Waals surface area contributed by atoms with Crippen LogP contribution in [0.3, 0.4) is 0 Å². The van der Waals surface area contributed by atoms with Crippen LogP contribution < -0.4 is 0 Å². The Morgan fingerprint density at radius 1 is 1.27 bits per heavy atom. The third kappa shape index (κ3) is 3.69. The Hall–Kier alpha value is -1.74. The summed E-state index contributed by atoms with van der Waals surface area (Å²) in [6, 6.07) is 0.167. The molecule has 9 heteroatoms. The first-order valence-electron chi connectivity index (χ1n) is 8.99. The van der Waals surface area contributed by atoms with Crippen LogP contribution in [0.5, 0.6) is 0 Å². The van der Waals surface area contributed by atoms with E-state index in [1.54, 1.807) is 17.8 Å². The van der Waals surface area contributed by atoms with Crippen molar-refractivity contribution in [3.05, 3.63) is 17.6 Å². The molecule has 142 valence electrons. The van der Waals surface area contributed by atoms with Crippen molar-refractivity contribution >= 4 is 19.1 Å². The Labute approximate surface area is 153 Å². The fourth-order valence-corrected chi connectivity index (χ4v) is 3.15. The molecule has 2 saturated heterocycles. The van der Waals surface area contributed by atoms with E-state index in [1.807, 2.05) is 32.6 Å². The van der Waals surface area contributed by atoms with Gasteiger partial charge in [0, 0.05) is 20.0 Å². The minimum atomic E-state index is -1.04. The van der Waals surface area contributed by atoms with E-state index in [2.05, 4.69) is 10.3 Å². The van der Waals surface area contributed by atoms with Crippen LogP contribution in [0.2, 0.25) is 0 Å². The molecule has 1 aromatic rings. The molecule has 26 heavy (non-hydrogen) atoms. The first-order valence-corrected chi connectivity index (χ1v) is 8.99. The van der Waals surface area contributed by atoms with Gasteiger partial charge in [-0.05, 0) is 46.6 Å². The SMILES string of the molecule is CC(=O)N1CCC(n2cc(C=C(F)B3OC(C)(C)C(C)(C)O3)nn2)CC1. The molecule has 2 fully saturated rings. The van der Waals surface area contributed by atoms with Crippen LogP contribution in [0.1, 0.15) is 59.2 Å². The number of rotatable bonds is 3. The average Bonchev–Trinajstić information content (AvgIpc) is 3.10. The molecular formula is C17H26BFN4O3. The van der Waals surface area contributed by atoms with Gasteiger partial charge in [0.2, 0.25) is 5.91 Å². The van der Waals surface area contributed by atoms with E-state index in [0.717, 1.165) is 12.8 Å². The monoisotopic (exact) mass is 364 g/mol. The average molecular weight is 364 g/mol. The Bertz CT molecular complexity index is 695. The molecule has 7 nitrogen and oxygen atoms in total. The maximum absolute atomic E-state index is 14.6. The van der Waals surface area contributed by atoms with E-state index in [1.165, 1.54) is 6.08 Å². The maximum Gasteiger partial charge on any atom is 0.525 e. The molecule has 2 aliphatic rings. The lowest BCUT2D eigenvalue weighted by molar-refractivity contribution is -0.130. The standard InChI is InChI=1S/C17H26BFN4O3/c1-12(24)22-8-6-14(7-9-22)23-11-13(20-21-23)10-15(19)18-25-16(2,3)17(4,5)26-18/h10-11,14H,6-9H2,1-5H3. The summed E-state index contributed by atoms with van der Waals surface area (Å²) in [6.45, 7) is 10.5. The van der Waals surface area contributed by atoms with E-state index in [0.29, 0.717) is 18.8 Å². The molecule has 0 spiro atoms. The fourth-order valence-electron chi connectivity index (χ4n) is 3.15. The number of piperidine rings is 1. The van der Waals surface area contributed by atoms with Crippen molar-refractivity contribution in [1.82, 2.24) is 19.9 Å². The van der Waals surface area contributed by atoms with Crippen LogP contribution >= 0.6 is 0 Å². The van der Waals surface area contributed by atoms with Crippen LogP contribution in [-0.2, 0) is 14.1 Å². The number of likely N-dealkylation sites (tertiary alicyclic amines) is 1. The van der Waals surface area contributed by atoms with Gasteiger partial charge in [0.15, 0.2) is 0 Å². The van der Waals surface area contributed by atoms with Crippen LogP contribution in [0, 0.1) is 0 Å². The van der Waals surface area contributed by atoms with Crippen LogP contribution in [0.15, 0.2) is 11.9 Å². The molecule has 0 N–H and O–H groups in total. The predicted molar refractivity (Wildman–Crippen MR) is 95.7 cm³/mol. The molecule has 0 unspecified atom stereocenters. The van der Waals surface area contributed by atoms with Crippen molar-refractivity contribution in [3.8, 4) is 0 Å². The summed E-state index contributed by atoms with van der Waals surface area (Å²) >= 11 is 0. The van der Waals surface area contributed by atoms with Gasteiger partial charge in [-0.25, -0.2) is 9.07 Å². The van der Waals surface area contributed by atoms with E-state index in [4.69, 9.17) is 9.31 Å². The zero-order valence-corrected chi connectivity index (χ0v) is 16.0. The van der Waals surface area contributed by atoms with E-state index in [-0.39, 0.29) is 11.9 Å². The summed E-state index contributed by atoms with van der Waals surface area (Å²) in [5.74, 6) is 0.0927. The van der Waals surface area contributed by atoms with Gasteiger partial charge >= 0.3 is 7.12 Å². The summed E-state index contributed by atoms with van der Waals surface area (Å²) < 4.78 is 27.7. The topological polar surface area (TPSA) is 69.5 Å². The van der Waals surface area contributed by atoms with E-state index in [9.17, 15) is 9.18 Å². The van der Waals surface area contributed by atoms with Gasteiger partial charge in [-0.2, -0.15) is 0 Å². The number of hydrogen-bond acceptors (Lipinski definition) is 5. The summed E-state index contributed by atoms with van der Waals surface area (Å²) in [5.41, 5.74) is -1.29. The second-order valence-electron chi connectivity index (χ2n) is 7.98. The van der Waals surface area contributed by atoms with Crippen molar-refractivity contribution in [3.63, 3.8) is 0 Å². The molecule has 0 saturated carbocycles. The van der Waals surface area contributed by atoms with Crippen LogP contribution in [-0.4, -0.2) is 57.2 Å². The molecular weight excluding hydrogens is 338 g/mol. The molecule has 3 heterocycles. The molecule has 0 atom stereocenters. The highest BCUT2D eigenvalue weighted by molar-refractivity contribution is 6.54. The van der Waals surface area contributed by atoms with Crippen LogP contribution in [0.4, 0.5) is 4.39 Å². The minimum absolute atomic E-state index is 0.0927. The third-order valence-electron chi connectivity index (χ3n) is 5.58. The molecule has 1 amide bonds. The third-order valence-corrected chi connectivity index (χ3v) is 5.58. The van der Waals surface area contributed by atoms with Crippen molar-refractivity contribution < 1.29 is 18.5 Å². The van der Waals surface area contributed by atoms with Gasteiger partial charge in [-0.3, -0.25) is 4.79 Å². The first-order chi connectivity index (χ1) is 12.1. The highest BCUT2D eigenvalue weighted by Gasteiger charge is 2.53. The quantitative estimate of drug-likeness (QED) is 0.771. The van der Waals surface area contributed by atoms with E-state index < -0.39 is 24.0 Å². The van der Waals surface area contributed by atoms with Gasteiger partial charge in [0.25, 0.3) is 0 Å². The maximum atomic E-state index is 14.6. The first kappa shape index (κ1) is 19.0. The van der Waals surface area contributed by atoms with Crippen LogP contribution in [0.25, 0.3) is 6.08 Å². The van der Waals surface area contributed by atoms with Gasteiger partial charge < -0.3 is 14.2 Å². The molecule has 0 radical (unpaired) electrons. The van der Waals surface area contributed by atoms with Gasteiger partial charge in [-0.1, -0.05) is 5.21 Å². The zero-order chi connectivity index (χ0) is 19.1. The zero-order valence-electron chi connectivity index (χ0n) is 16.0. The minimum Gasteiger partial charge on any atom is -0.398 e. The molecule has 0 aromatic carbocycles. The predicted octanol–water partition coefficient (Wildman–Crippen LogP) is 2.40. The van der Waals surface area contributed by atoms with E-state index >= 15 is 0 Å². The summed E-state index contributed by atoms with van der Waals surface area (Å²) in [4.78, 5) is 13.2. The van der Waals surface area contributed by atoms with Gasteiger partial charge in [-0.15, -0.1) is 5.10 Å². The van der Waals surface area contributed by atoms with Crippen molar-refractivity contribution in [2.45, 2.75) is 64.7 Å². The lowest BCUT2D eigenvalue weighted by atomic mass is 9.87. The number of aromatic nitrogens is 3. The highest BCUT2D eigenvalue weighted by atomic mass is 19.1. The smallest absolute Gasteiger partial charge is 0.398 e. The number of hydrogen-bond donors (Lipinski definition) is 0. The molecule has 1 aromatic heterocycles. The van der Waals surface area contributed by atoms with Gasteiger partial charge in [0.1, 0.15) is 11.4 Å². The van der Waals surface area contributed by atoms with Gasteiger partial charge in [0.05, 0.1) is 23.4 Å². The largest absolute Gasteiger partial charge is 0.525 e. The fraction of sp³-hybridized carbons (Fsp3) is 0.706. The van der Waals surface area contributed by atoms with Crippen molar-refractivity contribution in [2.24, 2.45) is 0 Å². The highest BCUT2D eigenvalue weighted by Crippen LogP contribution is 2.39. The van der Waals surface area contributed by atoms with Crippen molar-refractivity contribution in [1.29, 1.82) is 0 Å². The summed E-state index contributed by atoms with van der Waals surface area (Å²) in [5, 5.41) is 8.15. The number of nitrogens with zero attached hydrogens (tertiary/aromatic N) is 4. The Kier molecular flexibility index (Phi) is 4.96. The molecule has 0 bridgehead atoms. The normalized spacial score (nSPS) is 23.5. The lowest BCUT2D eigenvalue weighted by Crippen LogP contribution is -2.41.